The highest BCUT2D eigenvalue weighted by atomic mass is 16.2. The number of nitrogens with one attached hydrogen (secondary N) is 2. The van der Waals surface area contributed by atoms with Crippen LogP contribution in [0.1, 0.15) is 35.8 Å². The number of hydrogen-bond donors (Lipinski definition) is 2. The molecule has 7 heteroatoms. The molecule has 2 N–H and O–H groups in total. The summed E-state index contributed by atoms with van der Waals surface area (Å²) in [6.07, 6.45) is 1.70. The molecule has 2 aromatic carbocycles. The maximum Gasteiger partial charge on any atom is 0.292 e. The zero-order chi connectivity index (χ0) is 20.9. The SMILES string of the molecule is CCn1nc(C(=O)NN=C2CC[NH+](Cc3ccccc3)CC2)c2ccccc2c1=O. The monoisotopic (exact) mass is 404 g/mol. The third kappa shape index (κ3) is 4.31. The van der Waals surface area contributed by atoms with Crippen LogP contribution >= 0.6 is 0 Å². The van der Waals surface area contributed by atoms with Crippen molar-refractivity contribution < 1.29 is 9.69 Å². The van der Waals surface area contributed by atoms with Crippen molar-refractivity contribution in [3.63, 3.8) is 0 Å². The summed E-state index contributed by atoms with van der Waals surface area (Å²) in [5.74, 6) is -0.389. The van der Waals surface area contributed by atoms with Gasteiger partial charge in [0.25, 0.3) is 11.5 Å². The van der Waals surface area contributed by atoms with Gasteiger partial charge >= 0.3 is 0 Å². The number of rotatable bonds is 5. The number of amides is 1. The molecule has 1 fully saturated rings. The number of carbonyl (C=O) groups excluding carboxylic acids is 1. The van der Waals surface area contributed by atoms with Crippen LogP contribution in [0.25, 0.3) is 10.8 Å². The van der Waals surface area contributed by atoms with E-state index in [1.807, 2.05) is 13.0 Å². The lowest BCUT2D eigenvalue weighted by Gasteiger charge is -2.24. The van der Waals surface area contributed by atoms with Crippen LogP contribution in [0.15, 0.2) is 64.5 Å². The molecule has 7 nitrogen and oxygen atoms in total. The van der Waals surface area contributed by atoms with Crippen LogP contribution in [-0.4, -0.2) is 34.5 Å². The molecule has 2 heterocycles. The Kier molecular flexibility index (Phi) is 5.99. The summed E-state index contributed by atoms with van der Waals surface area (Å²) in [7, 11) is 0. The van der Waals surface area contributed by atoms with Crippen LogP contribution in [-0.2, 0) is 13.1 Å². The summed E-state index contributed by atoms with van der Waals surface area (Å²) in [5, 5.41) is 9.66. The number of carbonyl (C=O) groups is 1. The number of likely N-dealkylation sites (tertiary alicyclic amines) is 1. The van der Waals surface area contributed by atoms with Crippen molar-refractivity contribution in [1.82, 2.24) is 15.2 Å². The zero-order valence-electron chi connectivity index (χ0n) is 17.1. The van der Waals surface area contributed by atoms with Gasteiger partial charge in [-0.2, -0.15) is 10.2 Å². The quantitative estimate of drug-likeness (QED) is 0.631. The molecule has 1 amide bonds. The summed E-state index contributed by atoms with van der Waals surface area (Å²) in [5.41, 5.74) is 5.03. The molecule has 0 saturated carbocycles. The van der Waals surface area contributed by atoms with Gasteiger partial charge in [-0.25, -0.2) is 10.1 Å². The predicted molar refractivity (Wildman–Crippen MR) is 117 cm³/mol. The molecule has 0 spiro atoms. The number of benzene rings is 2. The first kappa shape index (κ1) is 20.0. The fraction of sp³-hybridized carbons (Fsp3) is 0.304. The fourth-order valence-corrected chi connectivity index (χ4v) is 3.87. The average molecular weight is 404 g/mol. The zero-order valence-corrected chi connectivity index (χ0v) is 17.1. The summed E-state index contributed by atoms with van der Waals surface area (Å²) in [4.78, 5) is 26.7. The summed E-state index contributed by atoms with van der Waals surface area (Å²) in [6.45, 7) is 5.22. The Morgan fingerprint density at radius 3 is 2.43 bits per heavy atom. The molecule has 1 saturated heterocycles. The number of aryl methyl sites for hydroxylation is 1. The van der Waals surface area contributed by atoms with E-state index in [1.165, 1.54) is 15.1 Å². The van der Waals surface area contributed by atoms with Crippen molar-refractivity contribution in [2.75, 3.05) is 13.1 Å². The van der Waals surface area contributed by atoms with Gasteiger partial charge in [-0.05, 0) is 13.0 Å². The van der Waals surface area contributed by atoms with Gasteiger partial charge in [0.05, 0.1) is 18.5 Å². The van der Waals surface area contributed by atoms with Gasteiger partial charge in [-0.1, -0.05) is 48.5 Å². The highest BCUT2D eigenvalue weighted by molar-refractivity contribution is 6.05. The van der Waals surface area contributed by atoms with Crippen molar-refractivity contribution in [3.8, 4) is 0 Å². The normalized spacial score (nSPS) is 16.4. The summed E-state index contributed by atoms with van der Waals surface area (Å²) >= 11 is 0. The van der Waals surface area contributed by atoms with Crippen molar-refractivity contribution in [2.24, 2.45) is 5.10 Å². The largest absolute Gasteiger partial charge is 0.331 e. The lowest BCUT2D eigenvalue weighted by Crippen LogP contribution is -3.11. The molecule has 154 valence electrons. The second-order valence-electron chi connectivity index (χ2n) is 7.55. The topological polar surface area (TPSA) is 80.8 Å². The molecule has 0 radical (unpaired) electrons. The third-order valence-electron chi connectivity index (χ3n) is 5.53. The molecular formula is C23H26N5O2+. The van der Waals surface area contributed by atoms with E-state index >= 15 is 0 Å². The summed E-state index contributed by atoms with van der Waals surface area (Å²) in [6, 6.07) is 17.5. The van der Waals surface area contributed by atoms with E-state index in [4.69, 9.17) is 0 Å². The Labute approximate surface area is 175 Å². The number of hydrazone groups is 1. The van der Waals surface area contributed by atoms with Crippen LogP contribution in [0.3, 0.4) is 0 Å². The highest BCUT2D eigenvalue weighted by Crippen LogP contribution is 2.13. The number of piperidine rings is 1. The van der Waals surface area contributed by atoms with Crippen LogP contribution in [0.2, 0.25) is 0 Å². The van der Waals surface area contributed by atoms with Gasteiger partial charge in [-0.15, -0.1) is 0 Å². The number of quaternary nitrogens is 1. The Morgan fingerprint density at radius 2 is 1.73 bits per heavy atom. The number of hydrogen-bond acceptors (Lipinski definition) is 4. The van der Waals surface area contributed by atoms with Crippen LogP contribution in [0.4, 0.5) is 0 Å². The maximum atomic E-state index is 12.8. The van der Waals surface area contributed by atoms with Gasteiger partial charge < -0.3 is 4.90 Å². The minimum absolute atomic E-state index is 0.190. The predicted octanol–water partition coefficient (Wildman–Crippen LogP) is 1.38. The molecule has 1 aromatic heterocycles. The highest BCUT2D eigenvalue weighted by Gasteiger charge is 2.20. The fourth-order valence-electron chi connectivity index (χ4n) is 3.87. The average Bonchev–Trinajstić information content (AvgIpc) is 2.79. The standard InChI is InChI=1S/C23H25N5O2/c1-2-28-23(30)20-11-7-6-10-19(20)21(26-28)22(29)25-24-18-12-14-27(15-13-18)16-17-8-4-3-5-9-17/h3-11H,2,12-16H2,1H3,(H,25,29)/p+1. The van der Waals surface area contributed by atoms with Crippen molar-refractivity contribution in [1.29, 1.82) is 0 Å². The molecule has 1 aliphatic rings. The van der Waals surface area contributed by atoms with E-state index in [-0.39, 0.29) is 17.2 Å². The number of fused-ring (bicyclic) bond motifs is 1. The molecular weight excluding hydrogens is 378 g/mol. The van der Waals surface area contributed by atoms with E-state index in [0.29, 0.717) is 17.3 Å². The Bertz CT molecular complexity index is 1130. The molecule has 0 bridgehead atoms. The van der Waals surface area contributed by atoms with E-state index in [0.717, 1.165) is 38.2 Å². The second kappa shape index (κ2) is 9.00. The van der Waals surface area contributed by atoms with Crippen molar-refractivity contribution >= 4 is 22.4 Å². The number of aromatic nitrogens is 2. The van der Waals surface area contributed by atoms with Gasteiger partial charge in [0.1, 0.15) is 6.54 Å². The molecule has 1 aliphatic heterocycles. The molecule has 0 unspecified atom stereocenters. The molecule has 0 aliphatic carbocycles. The van der Waals surface area contributed by atoms with Crippen LogP contribution in [0.5, 0.6) is 0 Å². The summed E-state index contributed by atoms with van der Waals surface area (Å²) < 4.78 is 1.32. The maximum absolute atomic E-state index is 12.8. The molecule has 30 heavy (non-hydrogen) atoms. The lowest BCUT2D eigenvalue weighted by molar-refractivity contribution is -0.914. The second-order valence-corrected chi connectivity index (χ2v) is 7.55. The van der Waals surface area contributed by atoms with E-state index in [9.17, 15) is 9.59 Å². The van der Waals surface area contributed by atoms with E-state index in [1.54, 1.807) is 24.3 Å². The first-order valence-corrected chi connectivity index (χ1v) is 10.4. The van der Waals surface area contributed by atoms with E-state index < -0.39 is 0 Å². The van der Waals surface area contributed by atoms with E-state index in [2.05, 4.69) is 39.9 Å². The smallest absolute Gasteiger partial charge is 0.292 e. The molecule has 4 rings (SSSR count). The van der Waals surface area contributed by atoms with Crippen LogP contribution < -0.4 is 15.9 Å². The van der Waals surface area contributed by atoms with Crippen LogP contribution in [0, 0.1) is 0 Å². The first-order chi connectivity index (χ1) is 14.7. The van der Waals surface area contributed by atoms with Gasteiger partial charge in [-0.3, -0.25) is 9.59 Å². The van der Waals surface area contributed by atoms with Gasteiger partial charge in [0.2, 0.25) is 0 Å². The minimum atomic E-state index is -0.389. The Hall–Kier alpha value is -3.32. The van der Waals surface area contributed by atoms with Gasteiger partial charge in [0.15, 0.2) is 5.69 Å². The Balaban J connectivity index is 1.43. The lowest BCUT2D eigenvalue weighted by atomic mass is 10.1. The minimum Gasteiger partial charge on any atom is -0.331 e. The third-order valence-corrected chi connectivity index (χ3v) is 5.53. The first-order valence-electron chi connectivity index (χ1n) is 10.4. The number of nitrogens with zero attached hydrogens (tertiary/aromatic N) is 3. The molecule has 0 atom stereocenters. The molecule has 3 aromatic rings. The Morgan fingerprint density at radius 1 is 1.07 bits per heavy atom. The van der Waals surface area contributed by atoms with Crippen molar-refractivity contribution in [2.45, 2.75) is 32.9 Å². The van der Waals surface area contributed by atoms with Crippen molar-refractivity contribution in [3.05, 3.63) is 76.2 Å². The van der Waals surface area contributed by atoms with Gasteiger partial charge in [0, 0.05) is 36.0 Å².